The second-order valence-electron chi connectivity index (χ2n) is 6.51. The van der Waals surface area contributed by atoms with Crippen LogP contribution in [-0.2, 0) is 28.9 Å². The highest BCUT2D eigenvalue weighted by molar-refractivity contribution is 6.00. The Hall–Kier alpha value is -2.82. The Morgan fingerprint density at radius 1 is 1.12 bits per heavy atom. The van der Waals surface area contributed by atoms with E-state index in [4.69, 9.17) is 4.74 Å². The Morgan fingerprint density at radius 3 is 2.56 bits per heavy atom. The number of anilines is 2. The van der Waals surface area contributed by atoms with Crippen LogP contribution >= 0.6 is 0 Å². The van der Waals surface area contributed by atoms with E-state index in [1.54, 1.807) is 7.11 Å². The SMILES string of the molecule is COc1ccc(CC(=O)Nc2cc3c4c(c2)CCN4C(=O)CC3)cc1. The van der Waals surface area contributed by atoms with Crippen LogP contribution in [0, 0.1) is 0 Å². The summed E-state index contributed by atoms with van der Waals surface area (Å²) in [6.45, 7) is 0.754. The number of carbonyl (C=O) groups is 2. The van der Waals surface area contributed by atoms with Crippen molar-refractivity contribution in [3.8, 4) is 5.75 Å². The van der Waals surface area contributed by atoms with Gasteiger partial charge in [-0.2, -0.15) is 0 Å². The van der Waals surface area contributed by atoms with E-state index in [0.29, 0.717) is 12.8 Å². The molecule has 0 aliphatic carbocycles. The summed E-state index contributed by atoms with van der Waals surface area (Å²) in [6, 6.07) is 11.5. The van der Waals surface area contributed by atoms with Gasteiger partial charge < -0.3 is 15.0 Å². The van der Waals surface area contributed by atoms with Crippen LogP contribution in [-0.4, -0.2) is 25.5 Å². The van der Waals surface area contributed by atoms with Crippen LogP contribution in [0.3, 0.4) is 0 Å². The average Bonchev–Trinajstić information content (AvgIpc) is 3.04. The molecule has 128 valence electrons. The summed E-state index contributed by atoms with van der Waals surface area (Å²) in [5.74, 6) is 0.947. The van der Waals surface area contributed by atoms with Crippen molar-refractivity contribution >= 4 is 23.2 Å². The number of hydrogen-bond acceptors (Lipinski definition) is 3. The lowest BCUT2D eigenvalue weighted by molar-refractivity contribution is -0.119. The van der Waals surface area contributed by atoms with Gasteiger partial charge in [0, 0.05) is 18.7 Å². The summed E-state index contributed by atoms with van der Waals surface area (Å²) in [4.78, 5) is 26.2. The molecule has 0 bridgehead atoms. The van der Waals surface area contributed by atoms with Crippen molar-refractivity contribution in [1.82, 2.24) is 0 Å². The van der Waals surface area contributed by atoms with E-state index < -0.39 is 0 Å². The van der Waals surface area contributed by atoms with E-state index >= 15 is 0 Å². The first-order valence-electron chi connectivity index (χ1n) is 8.53. The summed E-state index contributed by atoms with van der Waals surface area (Å²) >= 11 is 0. The van der Waals surface area contributed by atoms with E-state index in [1.165, 1.54) is 0 Å². The number of hydrogen-bond donors (Lipinski definition) is 1. The molecular weight excluding hydrogens is 316 g/mol. The summed E-state index contributed by atoms with van der Waals surface area (Å²) < 4.78 is 5.13. The first-order chi connectivity index (χ1) is 12.1. The minimum Gasteiger partial charge on any atom is -0.497 e. The third-order valence-corrected chi connectivity index (χ3v) is 4.86. The Bertz CT molecular complexity index is 843. The van der Waals surface area contributed by atoms with Gasteiger partial charge >= 0.3 is 0 Å². The van der Waals surface area contributed by atoms with Gasteiger partial charge in [-0.25, -0.2) is 0 Å². The van der Waals surface area contributed by atoms with Crippen LogP contribution in [0.5, 0.6) is 5.75 Å². The first-order valence-corrected chi connectivity index (χ1v) is 8.53. The standard InChI is InChI=1S/C20H20N2O3/c1-25-17-5-2-13(3-6-17)10-18(23)21-16-11-14-4-7-19(24)22-9-8-15(12-16)20(14)22/h2-3,5-6,11-12H,4,7-10H2,1H3,(H,21,23). The molecule has 2 aliphatic heterocycles. The lowest BCUT2D eigenvalue weighted by Crippen LogP contribution is -2.32. The number of rotatable bonds is 4. The Labute approximate surface area is 146 Å². The topological polar surface area (TPSA) is 58.6 Å². The zero-order chi connectivity index (χ0) is 17.4. The van der Waals surface area contributed by atoms with Crippen molar-refractivity contribution in [3.63, 3.8) is 0 Å². The summed E-state index contributed by atoms with van der Waals surface area (Å²) in [5, 5.41) is 3.00. The third kappa shape index (κ3) is 2.97. The van der Waals surface area contributed by atoms with Crippen molar-refractivity contribution in [1.29, 1.82) is 0 Å². The maximum absolute atomic E-state index is 12.4. The largest absolute Gasteiger partial charge is 0.497 e. The highest BCUT2D eigenvalue weighted by atomic mass is 16.5. The quantitative estimate of drug-likeness (QED) is 0.934. The number of carbonyl (C=O) groups excluding carboxylic acids is 2. The fourth-order valence-corrected chi connectivity index (χ4v) is 3.66. The second kappa shape index (κ2) is 6.24. The van der Waals surface area contributed by atoms with Gasteiger partial charge in [-0.05, 0) is 53.8 Å². The van der Waals surface area contributed by atoms with Gasteiger partial charge in [-0.1, -0.05) is 12.1 Å². The average molecular weight is 336 g/mol. The van der Waals surface area contributed by atoms with E-state index in [1.807, 2.05) is 41.3 Å². The van der Waals surface area contributed by atoms with E-state index in [9.17, 15) is 9.59 Å². The Balaban J connectivity index is 1.49. The molecule has 4 rings (SSSR count). The molecular formula is C20H20N2O3. The molecule has 2 amide bonds. The lowest BCUT2D eigenvalue weighted by atomic mass is 9.98. The molecule has 2 aromatic carbocycles. The van der Waals surface area contributed by atoms with Crippen LogP contribution in [0.15, 0.2) is 36.4 Å². The molecule has 0 spiro atoms. The summed E-state index contributed by atoms with van der Waals surface area (Å²) in [7, 11) is 1.62. The molecule has 0 saturated heterocycles. The van der Waals surface area contributed by atoms with Crippen molar-refractivity contribution in [2.45, 2.75) is 25.7 Å². The number of methoxy groups -OCH3 is 1. The van der Waals surface area contributed by atoms with Crippen LogP contribution in [0.1, 0.15) is 23.1 Å². The van der Waals surface area contributed by atoms with Gasteiger partial charge in [0.25, 0.3) is 0 Å². The molecule has 2 aliphatic rings. The van der Waals surface area contributed by atoms with Crippen LogP contribution < -0.4 is 15.0 Å². The smallest absolute Gasteiger partial charge is 0.228 e. The number of amides is 2. The van der Waals surface area contributed by atoms with Crippen LogP contribution in [0.25, 0.3) is 0 Å². The molecule has 0 saturated carbocycles. The fourth-order valence-electron chi connectivity index (χ4n) is 3.66. The van der Waals surface area contributed by atoms with Crippen LogP contribution in [0.2, 0.25) is 0 Å². The van der Waals surface area contributed by atoms with Crippen molar-refractivity contribution in [3.05, 3.63) is 53.1 Å². The molecule has 0 aromatic heterocycles. The van der Waals surface area contributed by atoms with E-state index in [-0.39, 0.29) is 11.8 Å². The maximum Gasteiger partial charge on any atom is 0.228 e. The number of benzene rings is 2. The predicted octanol–water partition coefficient (Wildman–Crippen LogP) is 2.71. The van der Waals surface area contributed by atoms with Gasteiger partial charge in [0.2, 0.25) is 11.8 Å². The molecule has 0 fully saturated rings. The van der Waals surface area contributed by atoms with Gasteiger partial charge in [0.15, 0.2) is 0 Å². The molecule has 25 heavy (non-hydrogen) atoms. The minimum atomic E-state index is -0.0425. The lowest BCUT2D eigenvalue weighted by Gasteiger charge is -2.25. The van der Waals surface area contributed by atoms with Crippen molar-refractivity contribution in [2.24, 2.45) is 0 Å². The fraction of sp³-hybridized carbons (Fsp3) is 0.300. The third-order valence-electron chi connectivity index (χ3n) is 4.86. The molecule has 0 unspecified atom stereocenters. The molecule has 0 atom stereocenters. The van der Waals surface area contributed by atoms with Crippen molar-refractivity contribution < 1.29 is 14.3 Å². The number of nitrogens with zero attached hydrogens (tertiary/aromatic N) is 1. The van der Waals surface area contributed by atoms with Gasteiger partial charge in [-0.3, -0.25) is 9.59 Å². The van der Waals surface area contributed by atoms with Crippen molar-refractivity contribution in [2.75, 3.05) is 23.9 Å². The summed E-state index contributed by atoms with van der Waals surface area (Å²) in [6.07, 6.45) is 2.48. The second-order valence-corrected chi connectivity index (χ2v) is 6.51. The zero-order valence-corrected chi connectivity index (χ0v) is 14.2. The van der Waals surface area contributed by atoms with E-state index in [0.717, 1.165) is 53.2 Å². The Kier molecular flexibility index (Phi) is 3.92. The monoisotopic (exact) mass is 336 g/mol. The summed E-state index contributed by atoms with van der Waals surface area (Å²) in [5.41, 5.74) is 5.16. The molecule has 0 radical (unpaired) electrons. The maximum atomic E-state index is 12.4. The van der Waals surface area contributed by atoms with Gasteiger partial charge in [0.05, 0.1) is 19.2 Å². The minimum absolute atomic E-state index is 0.0425. The zero-order valence-electron chi connectivity index (χ0n) is 14.2. The molecule has 2 aromatic rings. The molecule has 5 heteroatoms. The normalized spacial score (nSPS) is 15.1. The van der Waals surface area contributed by atoms with E-state index in [2.05, 4.69) is 5.32 Å². The van der Waals surface area contributed by atoms with Gasteiger partial charge in [-0.15, -0.1) is 0 Å². The highest BCUT2D eigenvalue weighted by Crippen LogP contribution is 2.38. The predicted molar refractivity (Wildman–Crippen MR) is 96.1 cm³/mol. The number of nitrogens with one attached hydrogen (secondary N) is 1. The molecule has 2 heterocycles. The Morgan fingerprint density at radius 2 is 1.84 bits per heavy atom. The molecule has 5 nitrogen and oxygen atoms in total. The van der Waals surface area contributed by atoms with Crippen LogP contribution in [0.4, 0.5) is 11.4 Å². The number of aryl methyl sites for hydroxylation is 1. The number of ether oxygens (including phenoxy) is 1. The first kappa shape index (κ1) is 15.7. The highest BCUT2D eigenvalue weighted by Gasteiger charge is 2.31. The van der Waals surface area contributed by atoms with Gasteiger partial charge in [0.1, 0.15) is 5.75 Å². The molecule has 1 N–H and O–H groups in total.